The molecule has 8 nitrogen and oxygen atoms in total. The molecule has 1 aromatic rings. The average molecular weight is 429 g/mol. The maximum atomic E-state index is 13.2. The lowest BCUT2D eigenvalue weighted by Gasteiger charge is -2.33. The summed E-state index contributed by atoms with van der Waals surface area (Å²) in [5.74, 6) is -1.22. The van der Waals surface area contributed by atoms with E-state index in [2.05, 4.69) is 10.6 Å². The lowest BCUT2D eigenvalue weighted by molar-refractivity contribution is -0.147. The van der Waals surface area contributed by atoms with Crippen LogP contribution in [0.25, 0.3) is 0 Å². The molecule has 0 bridgehead atoms. The van der Waals surface area contributed by atoms with Gasteiger partial charge in [0, 0.05) is 19.5 Å². The molecule has 0 aliphatic carbocycles. The molecule has 2 N–H and O–H groups in total. The van der Waals surface area contributed by atoms with Gasteiger partial charge in [-0.3, -0.25) is 19.2 Å². The highest BCUT2D eigenvalue weighted by Crippen LogP contribution is 2.21. The Labute approximate surface area is 183 Å². The predicted octanol–water partition coefficient (Wildman–Crippen LogP) is 0.852. The number of carbonyl (C=O) groups excluding carboxylic acids is 4. The van der Waals surface area contributed by atoms with Crippen molar-refractivity contribution in [2.24, 2.45) is 0 Å². The number of amides is 4. The number of hydrogen-bond acceptors (Lipinski definition) is 4. The number of fused-ring (bicyclic) bond motifs is 1. The number of unbranched alkanes of at least 4 members (excludes halogenated alkanes) is 1. The molecule has 2 aliphatic heterocycles. The van der Waals surface area contributed by atoms with Crippen LogP contribution in [0.15, 0.2) is 30.3 Å². The van der Waals surface area contributed by atoms with Gasteiger partial charge in [0.05, 0.1) is 6.54 Å². The molecule has 0 radical (unpaired) electrons. The van der Waals surface area contributed by atoms with Crippen LogP contribution in [-0.2, 0) is 25.6 Å². The van der Waals surface area contributed by atoms with Crippen molar-refractivity contribution in [3.8, 4) is 0 Å². The van der Waals surface area contributed by atoms with Crippen molar-refractivity contribution >= 4 is 23.6 Å². The van der Waals surface area contributed by atoms with Crippen molar-refractivity contribution in [2.45, 2.75) is 64.1 Å². The van der Waals surface area contributed by atoms with Crippen molar-refractivity contribution in [1.29, 1.82) is 0 Å². The Balaban J connectivity index is 1.88. The van der Waals surface area contributed by atoms with E-state index in [1.54, 1.807) is 16.7 Å². The van der Waals surface area contributed by atoms with E-state index in [9.17, 15) is 19.2 Å². The summed E-state index contributed by atoms with van der Waals surface area (Å²) in [4.78, 5) is 55.2. The number of hydrogen-bond donors (Lipinski definition) is 2. The lowest BCUT2D eigenvalue weighted by Crippen LogP contribution is -2.59. The van der Waals surface area contributed by atoms with Crippen LogP contribution < -0.4 is 10.6 Å². The minimum atomic E-state index is -0.831. The van der Waals surface area contributed by atoms with Gasteiger partial charge in [-0.25, -0.2) is 0 Å². The minimum absolute atomic E-state index is 0.120. The Morgan fingerprint density at radius 1 is 1.03 bits per heavy atom. The van der Waals surface area contributed by atoms with E-state index in [1.807, 2.05) is 37.3 Å². The SMILES string of the molecule is CCCCN1CC(=O)N[C@@H](Cc2ccccc2)C(=O)N[C@@H](C)C(=O)N2CCC[C@@H]2C1=O. The lowest BCUT2D eigenvalue weighted by atomic mass is 10.0. The minimum Gasteiger partial charge on any atom is -0.343 e. The van der Waals surface area contributed by atoms with E-state index < -0.39 is 24.0 Å². The van der Waals surface area contributed by atoms with E-state index in [1.165, 1.54) is 0 Å². The molecule has 0 saturated carbocycles. The summed E-state index contributed by atoms with van der Waals surface area (Å²) in [6, 6.07) is 7.21. The maximum absolute atomic E-state index is 13.2. The Kier molecular flexibility index (Phi) is 7.65. The van der Waals surface area contributed by atoms with Crippen LogP contribution in [-0.4, -0.2) is 71.2 Å². The molecule has 3 atom stereocenters. The Bertz CT molecular complexity index is 813. The summed E-state index contributed by atoms with van der Waals surface area (Å²) >= 11 is 0. The maximum Gasteiger partial charge on any atom is 0.245 e. The highest BCUT2D eigenvalue weighted by molar-refractivity contribution is 5.96. The van der Waals surface area contributed by atoms with Crippen molar-refractivity contribution in [2.75, 3.05) is 19.6 Å². The number of rotatable bonds is 5. The van der Waals surface area contributed by atoms with Gasteiger partial charge in [-0.15, -0.1) is 0 Å². The topological polar surface area (TPSA) is 98.8 Å². The summed E-state index contributed by atoms with van der Waals surface area (Å²) < 4.78 is 0. The fourth-order valence-corrected chi connectivity index (χ4v) is 4.21. The summed E-state index contributed by atoms with van der Waals surface area (Å²) in [6.45, 7) is 4.46. The largest absolute Gasteiger partial charge is 0.343 e. The normalized spacial score (nSPS) is 25.4. The molecule has 8 heteroatoms. The average Bonchev–Trinajstić information content (AvgIpc) is 3.25. The molecule has 0 aromatic heterocycles. The van der Waals surface area contributed by atoms with Gasteiger partial charge in [-0.05, 0) is 31.7 Å². The summed E-state index contributed by atoms with van der Waals surface area (Å²) in [7, 11) is 0. The van der Waals surface area contributed by atoms with Gasteiger partial charge in [0.15, 0.2) is 0 Å². The van der Waals surface area contributed by atoms with Gasteiger partial charge >= 0.3 is 0 Å². The zero-order chi connectivity index (χ0) is 22.4. The molecule has 3 rings (SSSR count). The van der Waals surface area contributed by atoms with Gasteiger partial charge in [0.1, 0.15) is 18.1 Å². The van der Waals surface area contributed by atoms with Gasteiger partial charge < -0.3 is 20.4 Å². The van der Waals surface area contributed by atoms with Crippen molar-refractivity contribution in [3.05, 3.63) is 35.9 Å². The van der Waals surface area contributed by atoms with Crippen LogP contribution in [0.4, 0.5) is 0 Å². The molecule has 2 aliphatic rings. The van der Waals surface area contributed by atoms with Gasteiger partial charge in [-0.1, -0.05) is 43.7 Å². The number of nitrogens with one attached hydrogen (secondary N) is 2. The van der Waals surface area contributed by atoms with E-state index in [-0.39, 0.29) is 24.3 Å². The number of nitrogens with zero attached hydrogens (tertiary/aromatic N) is 2. The van der Waals surface area contributed by atoms with Gasteiger partial charge in [0.25, 0.3) is 0 Å². The van der Waals surface area contributed by atoms with E-state index in [0.29, 0.717) is 25.9 Å². The van der Waals surface area contributed by atoms with Crippen LogP contribution in [0, 0.1) is 0 Å². The Hall–Kier alpha value is -2.90. The zero-order valence-corrected chi connectivity index (χ0v) is 18.3. The third-order valence-electron chi connectivity index (χ3n) is 5.91. The highest BCUT2D eigenvalue weighted by atomic mass is 16.2. The Morgan fingerprint density at radius 3 is 2.48 bits per heavy atom. The fraction of sp³-hybridized carbons (Fsp3) is 0.565. The molecule has 31 heavy (non-hydrogen) atoms. The molecule has 1 aromatic carbocycles. The monoisotopic (exact) mass is 428 g/mol. The third kappa shape index (κ3) is 5.62. The second-order valence-electron chi connectivity index (χ2n) is 8.34. The molecule has 168 valence electrons. The fourth-order valence-electron chi connectivity index (χ4n) is 4.21. The second kappa shape index (κ2) is 10.4. The summed E-state index contributed by atoms with van der Waals surface area (Å²) in [5.41, 5.74) is 0.896. The van der Waals surface area contributed by atoms with Gasteiger partial charge in [-0.2, -0.15) is 0 Å². The number of benzene rings is 1. The molecule has 0 unspecified atom stereocenters. The van der Waals surface area contributed by atoms with E-state index >= 15 is 0 Å². The molecule has 2 heterocycles. The second-order valence-corrected chi connectivity index (χ2v) is 8.34. The smallest absolute Gasteiger partial charge is 0.245 e. The summed E-state index contributed by atoms with van der Waals surface area (Å²) in [5, 5.41) is 5.53. The van der Waals surface area contributed by atoms with Crippen LogP contribution in [0.3, 0.4) is 0 Å². The standard InChI is InChI=1S/C23H32N4O4/c1-3-4-12-26-15-20(28)25-18(14-17-9-6-5-7-10-17)21(29)24-16(2)22(30)27-13-8-11-19(27)23(26)31/h5-7,9-10,16,18-19H,3-4,8,11-15H2,1-2H3,(H,24,29)(H,25,28)/t16-,18-,19+/m0/s1. The van der Waals surface area contributed by atoms with Crippen molar-refractivity contribution in [1.82, 2.24) is 20.4 Å². The van der Waals surface area contributed by atoms with Crippen LogP contribution in [0.2, 0.25) is 0 Å². The first-order chi connectivity index (χ1) is 14.9. The predicted molar refractivity (Wildman–Crippen MR) is 116 cm³/mol. The third-order valence-corrected chi connectivity index (χ3v) is 5.91. The first-order valence-corrected chi connectivity index (χ1v) is 11.1. The first-order valence-electron chi connectivity index (χ1n) is 11.1. The molecule has 2 fully saturated rings. The molecule has 0 spiro atoms. The zero-order valence-electron chi connectivity index (χ0n) is 18.3. The number of carbonyl (C=O) groups is 4. The first kappa shape index (κ1) is 22.8. The van der Waals surface area contributed by atoms with Crippen LogP contribution in [0.1, 0.15) is 45.1 Å². The van der Waals surface area contributed by atoms with Crippen molar-refractivity contribution in [3.63, 3.8) is 0 Å². The molecular formula is C23H32N4O4. The summed E-state index contributed by atoms with van der Waals surface area (Å²) in [6.07, 6.45) is 3.26. The van der Waals surface area contributed by atoms with Gasteiger partial charge in [0.2, 0.25) is 23.6 Å². The van der Waals surface area contributed by atoms with Crippen LogP contribution in [0.5, 0.6) is 0 Å². The molecule has 4 amide bonds. The Morgan fingerprint density at radius 2 is 1.77 bits per heavy atom. The quantitative estimate of drug-likeness (QED) is 0.726. The highest BCUT2D eigenvalue weighted by Gasteiger charge is 2.39. The van der Waals surface area contributed by atoms with Crippen molar-refractivity contribution < 1.29 is 19.2 Å². The van der Waals surface area contributed by atoms with E-state index in [4.69, 9.17) is 0 Å². The van der Waals surface area contributed by atoms with E-state index in [0.717, 1.165) is 24.8 Å². The molecular weight excluding hydrogens is 396 g/mol. The molecule has 2 saturated heterocycles. The van der Waals surface area contributed by atoms with Crippen LogP contribution >= 0.6 is 0 Å².